The third-order valence-corrected chi connectivity index (χ3v) is 6.19. The average Bonchev–Trinajstić information content (AvgIpc) is 2.90. The number of rotatable bonds is 10. The molecule has 2 atom stereocenters. The monoisotopic (exact) mass is 541 g/mol. The van der Waals surface area contributed by atoms with Gasteiger partial charge in [0.1, 0.15) is 23.5 Å². The summed E-state index contributed by atoms with van der Waals surface area (Å²) in [7, 11) is 0. The molecule has 11 nitrogen and oxygen atoms in total. The summed E-state index contributed by atoms with van der Waals surface area (Å²) in [5.74, 6) is -0.302. The lowest BCUT2D eigenvalue weighted by Crippen LogP contribution is -2.56. The van der Waals surface area contributed by atoms with Gasteiger partial charge >= 0.3 is 6.09 Å². The van der Waals surface area contributed by atoms with E-state index in [1.165, 1.54) is 4.90 Å². The van der Waals surface area contributed by atoms with Crippen LogP contribution in [0.15, 0.2) is 35.1 Å². The highest BCUT2D eigenvalue weighted by atomic mass is 16.6. The van der Waals surface area contributed by atoms with Crippen molar-refractivity contribution < 1.29 is 23.9 Å². The van der Waals surface area contributed by atoms with E-state index in [9.17, 15) is 19.2 Å². The van der Waals surface area contributed by atoms with Crippen LogP contribution in [0.3, 0.4) is 0 Å². The van der Waals surface area contributed by atoms with Crippen LogP contribution in [0, 0.1) is 0 Å². The SMILES string of the molecule is CCc1nc2c(c(=O)[nH]1)CN(C(=O)C(COCc1ccccc1)NC(=O)C(CC)NC(=O)OC(C)(C)C)CC2. The largest absolute Gasteiger partial charge is 0.444 e. The summed E-state index contributed by atoms with van der Waals surface area (Å²) in [4.78, 5) is 60.5. The first kappa shape index (κ1) is 29.8. The summed E-state index contributed by atoms with van der Waals surface area (Å²) in [6.07, 6.45) is 0.600. The number of fused-ring (bicyclic) bond motifs is 1. The second-order valence-electron chi connectivity index (χ2n) is 10.5. The average molecular weight is 542 g/mol. The molecule has 3 N–H and O–H groups in total. The van der Waals surface area contributed by atoms with Gasteiger partial charge in [-0.2, -0.15) is 0 Å². The van der Waals surface area contributed by atoms with Crippen molar-refractivity contribution in [2.75, 3.05) is 13.2 Å². The van der Waals surface area contributed by atoms with E-state index in [1.54, 1.807) is 27.7 Å². The third kappa shape index (κ3) is 8.64. The maximum absolute atomic E-state index is 13.6. The highest BCUT2D eigenvalue weighted by molar-refractivity contribution is 5.91. The summed E-state index contributed by atoms with van der Waals surface area (Å²) < 4.78 is 11.1. The lowest BCUT2D eigenvalue weighted by molar-refractivity contribution is -0.139. The van der Waals surface area contributed by atoms with Crippen LogP contribution < -0.4 is 16.2 Å². The van der Waals surface area contributed by atoms with Gasteiger partial charge in [-0.15, -0.1) is 0 Å². The van der Waals surface area contributed by atoms with Gasteiger partial charge in [0.15, 0.2) is 0 Å². The molecule has 2 unspecified atom stereocenters. The van der Waals surface area contributed by atoms with Crippen LogP contribution >= 0.6 is 0 Å². The van der Waals surface area contributed by atoms with Crippen LogP contribution in [0.1, 0.15) is 63.7 Å². The van der Waals surface area contributed by atoms with E-state index < -0.39 is 29.7 Å². The second kappa shape index (κ2) is 13.4. The van der Waals surface area contributed by atoms with Gasteiger partial charge in [-0.05, 0) is 32.8 Å². The molecular formula is C28H39N5O6. The molecule has 1 aliphatic rings. The van der Waals surface area contributed by atoms with Crippen molar-refractivity contribution in [3.8, 4) is 0 Å². The molecule has 1 aromatic heterocycles. The maximum Gasteiger partial charge on any atom is 0.408 e. The predicted molar refractivity (Wildman–Crippen MR) is 145 cm³/mol. The molecule has 1 aliphatic heterocycles. The summed E-state index contributed by atoms with van der Waals surface area (Å²) in [6.45, 7) is 9.44. The van der Waals surface area contributed by atoms with Crippen molar-refractivity contribution >= 4 is 17.9 Å². The second-order valence-corrected chi connectivity index (χ2v) is 10.5. The molecule has 0 spiro atoms. The number of nitrogens with one attached hydrogen (secondary N) is 3. The molecule has 11 heteroatoms. The highest BCUT2D eigenvalue weighted by Crippen LogP contribution is 2.16. The van der Waals surface area contributed by atoms with Crippen molar-refractivity contribution in [2.24, 2.45) is 0 Å². The molecule has 3 rings (SSSR count). The van der Waals surface area contributed by atoms with Gasteiger partial charge in [0.05, 0.1) is 31.0 Å². The van der Waals surface area contributed by atoms with E-state index in [0.717, 1.165) is 5.56 Å². The number of H-pyrrole nitrogens is 1. The van der Waals surface area contributed by atoms with Crippen molar-refractivity contribution in [1.29, 1.82) is 0 Å². The van der Waals surface area contributed by atoms with Crippen LogP contribution in [0.25, 0.3) is 0 Å². The normalized spacial score (nSPS) is 14.6. The van der Waals surface area contributed by atoms with E-state index in [4.69, 9.17) is 9.47 Å². The van der Waals surface area contributed by atoms with Gasteiger partial charge in [-0.3, -0.25) is 14.4 Å². The zero-order valence-corrected chi connectivity index (χ0v) is 23.3. The first-order valence-electron chi connectivity index (χ1n) is 13.3. The van der Waals surface area contributed by atoms with Crippen LogP contribution in [0.2, 0.25) is 0 Å². The van der Waals surface area contributed by atoms with E-state index in [0.29, 0.717) is 36.5 Å². The van der Waals surface area contributed by atoms with Crippen molar-refractivity contribution in [1.82, 2.24) is 25.5 Å². The number of carbonyl (C=O) groups is 3. The zero-order chi connectivity index (χ0) is 28.6. The topological polar surface area (TPSA) is 143 Å². The molecule has 0 aliphatic carbocycles. The van der Waals surface area contributed by atoms with Gasteiger partial charge in [0, 0.05) is 19.4 Å². The number of ether oxygens (including phenoxy) is 2. The Labute approximate surface area is 228 Å². The van der Waals surface area contributed by atoms with Crippen LogP contribution in [0.5, 0.6) is 0 Å². The number of carbonyl (C=O) groups excluding carboxylic acids is 3. The lowest BCUT2D eigenvalue weighted by atomic mass is 10.1. The first-order valence-corrected chi connectivity index (χ1v) is 13.3. The minimum Gasteiger partial charge on any atom is -0.444 e. The maximum atomic E-state index is 13.6. The van der Waals surface area contributed by atoms with Gasteiger partial charge in [-0.1, -0.05) is 44.2 Å². The molecule has 2 heterocycles. The number of hydrogen-bond acceptors (Lipinski definition) is 7. The molecule has 0 fully saturated rings. The quantitative estimate of drug-likeness (QED) is 0.419. The highest BCUT2D eigenvalue weighted by Gasteiger charge is 2.32. The first-order chi connectivity index (χ1) is 18.5. The fourth-order valence-corrected chi connectivity index (χ4v) is 4.17. The molecule has 212 valence electrons. The Morgan fingerprint density at radius 3 is 2.46 bits per heavy atom. The van der Waals surface area contributed by atoms with Crippen LogP contribution in [-0.4, -0.2) is 63.6 Å². The van der Waals surface area contributed by atoms with Crippen molar-refractivity contribution in [2.45, 2.75) is 84.7 Å². The lowest BCUT2D eigenvalue weighted by Gasteiger charge is -2.32. The van der Waals surface area contributed by atoms with E-state index in [-0.39, 0.29) is 37.6 Å². The number of hydrogen-bond donors (Lipinski definition) is 3. The van der Waals surface area contributed by atoms with E-state index >= 15 is 0 Å². The van der Waals surface area contributed by atoms with Gasteiger partial charge in [-0.25, -0.2) is 9.78 Å². The number of alkyl carbamates (subject to hydrolysis) is 1. The van der Waals surface area contributed by atoms with E-state index in [1.807, 2.05) is 37.3 Å². The standard InChI is InChI=1S/C28H39N5O6/c1-6-20(31-27(37)39-28(3,4)5)25(35)30-22(17-38-16-18-11-9-8-10-12-18)26(36)33-14-13-21-19(15-33)24(34)32-23(7-2)29-21/h8-12,20,22H,6-7,13-17H2,1-5H3,(H,30,35)(H,31,37)(H,29,32,34). The molecule has 2 aromatic rings. The molecule has 0 saturated heterocycles. The van der Waals surface area contributed by atoms with E-state index in [2.05, 4.69) is 20.6 Å². The van der Waals surface area contributed by atoms with Crippen molar-refractivity contribution in [3.63, 3.8) is 0 Å². The van der Waals surface area contributed by atoms with Gasteiger partial charge < -0.3 is 30.0 Å². The molecule has 3 amide bonds. The molecule has 39 heavy (non-hydrogen) atoms. The molecular weight excluding hydrogens is 502 g/mol. The van der Waals surface area contributed by atoms with Gasteiger partial charge in [0.2, 0.25) is 11.8 Å². The zero-order valence-electron chi connectivity index (χ0n) is 23.3. The van der Waals surface area contributed by atoms with Gasteiger partial charge in [0.25, 0.3) is 5.56 Å². The Balaban J connectivity index is 1.74. The Bertz CT molecular complexity index is 1210. The summed E-state index contributed by atoms with van der Waals surface area (Å²) >= 11 is 0. The molecule has 0 radical (unpaired) electrons. The Morgan fingerprint density at radius 1 is 1.10 bits per heavy atom. The smallest absolute Gasteiger partial charge is 0.408 e. The molecule has 0 saturated carbocycles. The Kier molecular flexibility index (Phi) is 10.2. The Hall–Kier alpha value is -3.73. The fraction of sp³-hybridized carbons (Fsp3) is 0.536. The Morgan fingerprint density at radius 2 is 1.82 bits per heavy atom. The number of aryl methyl sites for hydroxylation is 1. The number of amides is 3. The minimum atomic E-state index is -1.03. The van der Waals surface area contributed by atoms with Crippen molar-refractivity contribution in [3.05, 3.63) is 63.3 Å². The summed E-state index contributed by atoms with van der Waals surface area (Å²) in [5, 5.41) is 5.32. The van der Waals surface area contributed by atoms with Crippen LogP contribution in [-0.2, 0) is 45.1 Å². The van der Waals surface area contributed by atoms with Crippen LogP contribution in [0.4, 0.5) is 4.79 Å². The summed E-state index contributed by atoms with van der Waals surface area (Å²) in [5.41, 5.74) is 1.07. The molecule has 1 aromatic carbocycles. The summed E-state index contributed by atoms with van der Waals surface area (Å²) in [6, 6.07) is 7.53. The third-order valence-electron chi connectivity index (χ3n) is 6.19. The molecule has 0 bridgehead atoms. The minimum absolute atomic E-state index is 0.0823. The predicted octanol–water partition coefficient (Wildman–Crippen LogP) is 2.22. The fourth-order valence-electron chi connectivity index (χ4n) is 4.17. The number of aromatic amines is 1. The number of nitrogens with zero attached hydrogens (tertiary/aromatic N) is 2. The number of aromatic nitrogens is 2. The number of benzene rings is 1.